The average molecular weight is 454 g/mol. The smallest absolute Gasteiger partial charge is 0.191 e. The molecule has 3 aromatic rings. The van der Waals surface area contributed by atoms with Gasteiger partial charge >= 0.3 is 0 Å². The maximum absolute atomic E-state index is 13.7. The third kappa shape index (κ3) is 4.88. The molecule has 0 amide bonds. The summed E-state index contributed by atoms with van der Waals surface area (Å²) in [4.78, 5) is 4.42. The van der Waals surface area contributed by atoms with Gasteiger partial charge in [-0.25, -0.2) is 9.38 Å². The van der Waals surface area contributed by atoms with Crippen LogP contribution in [0.15, 0.2) is 53.7 Å². The zero-order chi connectivity index (χ0) is 16.8. The number of hydrogen-bond acceptors (Lipinski definition) is 3. The summed E-state index contributed by atoms with van der Waals surface area (Å²) < 4.78 is 15.6. The molecule has 1 aromatic carbocycles. The van der Waals surface area contributed by atoms with Gasteiger partial charge in [0.1, 0.15) is 5.82 Å². The van der Waals surface area contributed by atoms with Gasteiger partial charge in [-0.1, -0.05) is 24.3 Å². The zero-order valence-electron chi connectivity index (χ0n) is 13.8. The highest BCUT2D eigenvalue weighted by atomic mass is 127. The maximum Gasteiger partial charge on any atom is 0.191 e. The fraction of sp³-hybridized carbons (Fsp3) is 0.235. The number of nitrogens with one attached hydrogen (secondary N) is 2. The van der Waals surface area contributed by atoms with Crippen molar-refractivity contribution in [3.63, 3.8) is 0 Å². The number of aliphatic imine (C=N–C) groups is 1. The Bertz CT molecular complexity index is 848. The molecule has 0 atom stereocenters. The summed E-state index contributed by atoms with van der Waals surface area (Å²) in [6.07, 6.45) is 1.91. The molecule has 0 spiro atoms. The Morgan fingerprint density at radius 1 is 1.12 bits per heavy atom. The molecule has 0 aliphatic carbocycles. The van der Waals surface area contributed by atoms with E-state index in [2.05, 4.69) is 25.8 Å². The van der Waals surface area contributed by atoms with E-state index in [9.17, 15) is 4.39 Å². The van der Waals surface area contributed by atoms with Crippen molar-refractivity contribution < 1.29 is 4.39 Å². The molecule has 0 fully saturated rings. The van der Waals surface area contributed by atoms with E-state index in [-0.39, 0.29) is 36.3 Å². The number of hydrogen-bond donors (Lipinski definition) is 2. The molecule has 2 heterocycles. The normalized spacial score (nSPS) is 11.2. The fourth-order valence-corrected chi connectivity index (χ4v) is 2.31. The van der Waals surface area contributed by atoms with E-state index in [1.54, 1.807) is 18.2 Å². The van der Waals surface area contributed by atoms with Gasteiger partial charge < -0.3 is 10.6 Å². The van der Waals surface area contributed by atoms with Crippen LogP contribution in [0.25, 0.3) is 5.65 Å². The van der Waals surface area contributed by atoms with E-state index >= 15 is 0 Å². The predicted octanol–water partition coefficient (Wildman–Crippen LogP) is 2.74. The van der Waals surface area contributed by atoms with E-state index in [1.165, 1.54) is 6.07 Å². The van der Waals surface area contributed by atoms with Crippen LogP contribution in [0, 0.1) is 5.82 Å². The number of halogens is 2. The summed E-state index contributed by atoms with van der Waals surface area (Å²) in [7, 11) is 0. The number of fused-ring (bicyclic) bond motifs is 1. The molecule has 8 heteroatoms. The number of guanidine groups is 1. The van der Waals surface area contributed by atoms with Crippen molar-refractivity contribution in [1.29, 1.82) is 0 Å². The topological polar surface area (TPSA) is 66.6 Å². The van der Waals surface area contributed by atoms with Gasteiger partial charge in [-0.15, -0.1) is 34.2 Å². The van der Waals surface area contributed by atoms with Crippen LogP contribution in [-0.2, 0) is 13.1 Å². The van der Waals surface area contributed by atoms with Crippen molar-refractivity contribution >= 4 is 35.6 Å². The molecule has 0 bridgehead atoms. The van der Waals surface area contributed by atoms with E-state index in [4.69, 9.17) is 0 Å². The molecule has 25 heavy (non-hydrogen) atoms. The monoisotopic (exact) mass is 454 g/mol. The lowest BCUT2D eigenvalue weighted by atomic mass is 10.2. The number of pyridine rings is 1. The molecule has 0 saturated carbocycles. The third-order valence-corrected chi connectivity index (χ3v) is 3.51. The molecular weight excluding hydrogens is 434 g/mol. The van der Waals surface area contributed by atoms with Crippen LogP contribution in [0.1, 0.15) is 18.3 Å². The van der Waals surface area contributed by atoms with Gasteiger partial charge in [-0.05, 0) is 25.1 Å². The second kappa shape index (κ2) is 9.30. The molecule has 0 unspecified atom stereocenters. The van der Waals surface area contributed by atoms with Gasteiger partial charge in [0.05, 0.1) is 13.1 Å². The van der Waals surface area contributed by atoms with Gasteiger partial charge in [-0.2, -0.15) is 0 Å². The molecule has 2 N–H and O–H groups in total. The summed E-state index contributed by atoms with van der Waals surface area (Å²) in [6, 6.07) is 12.4. The molecule has 6 nitrogen and oxygen atoms in total. The van der Waals surface area contributed by atoms with E-state index < -0.39 is 0 Å². The summed E-state index contributed by atoms with van der Waals surface area (Å²) >= 11 is 0. The lowest BCUT2D eigenvalue weighted by Crippen LogP contribution is -2.37. The quantitative estimate of drug-likeness (QED) is 0.354. The van der Waals surface area contributed by atoms with Crippen molar-refractivity contribution in [2.75, 3.05) is 6.54 Å². The summed E-state index contributed by atoms with van der Waals surface area (Å²) in [5.41, 5.74) is 1.35. The standard InChI is InChI=1S/C17H19FN6.HI/c1-2-19-17(20-11-13-7-3-4-8-14(13)18)21-12-16-23-22-15-9-5-6-10-24(15)16;/h3-10H,2,11-12H2,1H3,(H2,19,20,21);1H. The van der Waals surface area contributed by atoms with Gasteiger partial charge in [0.25, 0.3) is 0 Å². The second-order valence-corrected chi connectivity index (χ2v) is 5.19. The van der Waals surface area contributed by atoms with Crippen LogP contribution in [-0.4, -0.2) is 27.1 Å². The van der Waals surface area contributed by atoms with Crippen molar-refractivity contribution in [3.8, 4) is 0 Å². The minimum absolute atomic E-state index is 0. The molecule has 0 saturated heterocycles. The van der Waals surface area contributed by atoms with E-state index in [0.717, 1.165) is 11.5 Å². The Labute approximate surface area is 162 Å². The number of rotatable bonds is 5. The number of nitrogens with zero attached hydrogens (tertiary/aromatic N) is 4. The van der Waals surface area contributed by atoms with Gasteiger partial charge in [-0.3, -0.25) is 4.40 Å². The largest absolute Gasteiger partial charge is 0.357 e. The molecule has 0 aliphatic rings. The van der Waals surface area contributed by atoms with Crippen molar-refractivity contribution in [3.05, 3.63) is 65.9 Å². The van der Waals surface area contributed by atoms with Crippen LogP contribution < -0.4 is 10.6 Å². The van der Waals surface area contributed by atoms with Gasteiger partial charge in [0.2, 0.25) is 0 Å². The summed E-state index contributed by atoms with van der Waals surface area (Å²) in [5, 5.41) is 14.6. The Kier molecular flexibility index (Phi) is 7.11. The lowest BCUT2D eigenvalue weighted by molar-refractivity contribution is 0.610. The van der Waals surface area contributed by atoms with Crippen molar-refractivity contribution in [1.82, 2.24) is 25.2 Å². The van der Waals surface area contributed by atoms with Crippen LogP contribution >= 0.6 is 24.0 Å². The Hall–Kier alpha value is -2.23. The Balaban J connectivity index is 0.00000225. The van der Waals surface area contributed by atoms with Crippen molar-refractivity contribution in [2.24, 2.45) is 4.99 Å². The molecule has 0 radical (unpaired) electrons. The zero-order valence-corrected chi connectivity index (χ0v) is 16.1. The van der Waals surface area contributed by atoms with E-state index in [0.29, 0.717) is 24.6 Å². The second-order valence-electron chi connectivity index (χ2n) is 5.19. The maximum atomic E-state index is 13.7. The summed E-state index contributed by atoms with van der Waals surface area (Å²) in [6.45, 7) is 3.42. The number of aromatic nitrogens is 3. The fourth-order valence-electron chi connectivity index (χ4n) is 2.31. The van der Waals surface area contributed by atoms with Crippen LogP contribution in [0.5, 0.6) is 0 Å². The first-order valence-electron chi connectivity index (χ1n) is 7.82. The molecule has 0 aliphatic heterocycles. The number of benzene rings is 1. The minimum Gasteiger partial charge on any atom is -0.357 e. The third-order valence-electron chi connectivity index (χ3n) is 3.51. The van der Waals surface area contributed by atoms with Gasteiger partial charge in [0, 0.05) is 18.3 Å². The first-order chi connectivity index (χ1) is 11.8. The van der Waals surface area contributed by atoms with E-state index in [1.807, 2.05) is 35.7 Å². The lowest BCUT2D eigenvalue weighted by Gasteiger charge is -2.10. The highest BCUT2D eigenvalue weighted by molar-refractivity contribution is 14.0. The molecular formula is C17H20FIN6. The first kappa shape index (κ1) is 19.1. The minimum atomic E-state index is -0.249. The average Bonchev–Trinajstić information content (AvgIpc) is 3.02. The summed E-state index contributed by atoms with van der Waals surface area (Å²) in [5.74, 6) is 1.14. The molecule has 132 valence electrons. The Morgan fingerprint density at radius 2 is 1.92 bits per heavy atom. The van der Waals surface area contributed by atoms with Crippen LogP contribution in [0.2, 0.25) is 0 Å². The predicted molar refractivity (Wildman–Crippen MR) is 106 cm³/mol. The van der Waals surface area contributed by atoms with Crippen molar-refractivity contribution in [2.45, 2.75) is 20.0 Å². The first-order valence-corrected chi connectivity index (χ1v) is 7.82. The molecule has 3 rings (SSSR count). The van der Waals surface area contributed by atoms with Gasteiger partial charge in [0.15, 0.2) is 17.4 Å². The molecule has 2 aromatic heterocycles. The Morgan fingerprint density at radius 3 is 2.72 bits per heavy atom. The highest BCUT2D eigenvalue weighted by Crippen LogP contribution is 2.07. The van der Waals surface area contributed by atoms with Crippen LogP contribution in [0.4, 0.5) is 4.39 Å². The van der Waals surface area contributed by atoms with Crippen LogP contribution in [0.3, 0.4) is 0 Å². The highest BCUT2D eigenvalue weighted by Gasteiger charge is 2.06. The SMILES string of the molecule is CCNC(=NCc1ccccc1F)NCc1nnc2ccccn12.I.